The molecule has 3 aliphatic rings. The lowest BCUT2D eigenvalue weighted by atomic mass is 9.64. The number of nitrogens with zero attached hydrogens (tertiary/aromatic N) is 5. The SMILES string of the molecule is CSc1nc(-c2noc3c2CCC[C@@]32CCCCC2=O)nc2c1cnn2C1COCC1NC(=O)OC(C)(C)C. The number of carbonyl (C=O) groups is 2. The van der Waals surface area contributed by atoms with Crippen LogP contribution in [-0.4, -0.2) is 67.9 Å². The Hall–Kier alpha value is -2.99. The number of thioether (sulfide) groups is 1. The number of rotatable bonds is 4. The van der Waals surface area contributed by atoms with Gasteiger partial charge in [-0.05, 0) is 59.1 Å². The molecule has 1 N–H and O–H groups in total. The van der Waals surface area contributed by atoms with E-state index in [0.29, 0.717) is 42.6 Å². The fourth-order valence-electron chi connectivity index (χ4n) is 6.15. The molecular weight excluding hydrogens is 520 g/mol. The van der Waals surface area contributed by atoms with Gasteiger partial charge < -0.3 is 19.3 Å². The zero-order valence-corrected chi connectivity index (χ0v) is 23.6. The third-order valence-corrected chi connectivity index (χ3v) is 8.63. The summed E-state index contributed by atoms with van der Waals surface area (Å²) in [6.45, 7) is 6.19. The van der Waals surface area contributed by atoms with Gasteiger partial charge >= 0.3 is 6.09 Å². The van der Waals surface area contributed by atoms with Gasteiger partial charge in [-0.25, -0.2) is 19.4 Å². The van der Waals surface area contributed by atoms with Crippen molar-refractivity contribution in [1.82, 2.24) is 30.2 Å². The third kappa shape index (κ3) is 4.61. The summed E-state index contributed by atoms with van der Waals surface area (Å²) in [5, 5.41) is 13.6. The fourth-order valence-corrected chi connectivity index (χ4v) is 6.70. The van der Waals surface area contributed by atoms with Crippen LogP contribution in [0.2, 0.25) is 0 Å². The smallest absolute Gasteiger partial charge is 0.408 e. The number of alkyl carbamates (subject to hydrolysis) is 1. The molecule has 2 aliphatic carbocycles. The van der Waals surface area contributed by atoms with E-state index in [2.05, 4.69) is 15.6 Å². The molecule has 11 nitrogen and oxygen atoms in total. The zero-order valence-electron chi connectivity index (χ0n) is 22.8. The first kappa shape index (κ1) is 26.2. The largest absolute Gasteiger partial charge is 0.444 e. The maximum absolute atomic E-state index is 13.1. The minimum atomic E-state index is -0.607. The van der Waals surface area contributed by atoms with E-state index < -0.39 is 17.1 Å². The second-order valence-electron chi connectivity index (χ2n) is 11.6. The number of nitrogens with one attached hydrogen (secondary N) is 1. The number of carbonyl (C=O) groups excluding carboxylic acids is 2. The Kier molecular flexibility index (Phi) is 6.65. The van der Waals surface area contributed by atoms with Crippen LogP contribution in [0.25, 0.3) is 22.6 Å². The van der Waals surface area contributed by atoms with Crippen molar-refractivity contribution >= 4 is 34.7 Å². The van der Waals surface area contributed by atoms with Crippen LogP contribution in [0.5, 0.6) is 0 Å². The molecule has 4 heterocycles. The van der Waals surface area contributed by atoms with Gasteiger partial charge in [-0.2, -0.15) is 5.10 Å². The van der Waals surface area contributed by atoms with Crippen molar-refractivity contribution in [1.29, 1.82) is 0 Å². The van der Waals surface area contributed by atoms with Gasteiger partial charge in [0.05, 0.1) is 36.3 Å². The molecule has 39 heavy (non-hydrogen) atoms. The predicted molar refractivity (Wildman–Crippen MR) is 144 cm³/mol. The van der Waals surface area contributed by atoms with Crippen LogP contribution >= 0.6 is 11.8 Å². The summed E-state index contributed by atoms with van der Waals surface area (Å²) in [4.78, 5) is 35.4. The van der Waals surface area contributed by atoms with Crippen LogP contribution in [0.15, 0.2) is 15.7 Å². The summed E-state index contributed by atoms with van der Waals surface area (Å²) >= 11 is 1.50. The summed E-state index contributed by atoms with van der Waals surface area (Å²) in [6.07, 6.45) is 9.05. The van der Waals surface area contributed by atoms with Crippen molar-refractivity contribution < 1.29 is 23.6 Å². The Morgan fingerprint density at radius 2 is 2.00 bits per heavy atom. The maximum atomic E-state index is 13.1. The van der Waals surface area contributed by atoms with Crippen molar-refractivity contribution in [3.05, 3.63) is 17.5 Å². The molecule has 3 atom stereocenters. The molecule has 1 aliphatic heterocycles. The van der Waals surface area contributed by atoms with Crippen molar-refractivity contribution in [3.63, 3.8) is 0 Å². The second-order valence-corrected chi connectivity index (χ2v) is 12.4. The van der Waals surface area contributed by atoms with E-state index in [9.17, 15) is 9.59 Å². The van der Waals surface area contributed by atoms with Gasteiger partial charge in [0.2, 0.25) is 0 Å². The lowest BCUT2D eigenvalue weighted by molar-refractivity contribution is -0.128. The highest BCUT2D eigenvalue weighted by Crippen LogP contribution is 2.47. The molecule has 3 aromatic heterocycles. The topological polar surface area (TPSA) is 134 Å². The average molecular weight is 555 g/mol. The van der Waals surface area contributed by atoms with Crippen LogP contribution in [-0.2, 0) is 26.1 Å². The number of ketones is 1. The molecule has 1 amide bonds. The average Bonchev–Trinajstić information content (AvgIpc) is 3.62. The molecule has 0 bridgehead atoms. The van der Waals surface area contributed by atoms with Crippen LogP contribution in [0.3, 0.4) is 0 Å². The lowest BCUT2D eigenvalue weighted by Gasteiger charge is -2.36. The van der Waals surface area contributed by atoms with Crippen LogP contribution in [0.1, 0.15) is 76.7 Å². The van der Waals surface area contributed by atoms with Crippen LogP contribution in [0.4, 0.5) is 4.79 Å². The maximum Gasteiger partial charge on any atom is 0.408 e. The van der Waals surface area contributed by atoms with Crippen molar-refractivity contribution in [3.8, 4) is 11.5 Å². The minimum Gasteiger partial charge on any atom is -0.444 e. The molecular formula is C27H34N6O5S. The second kappa shape index (κ2) is 9.88. The Bertz CT molecular complexity index is 1430. The number of aromatic nitrogens is 5. The van der Waals surface area contributed by atoms with E-state index in [-0.39, 0.29) is 17.9 Å². The third-order valence-electron chi connectivity index (χ3n) is 7.93. The Morgan fingerprint density at radius 3 is 2.77 bits per heavy atom. The van der Waals surface area contributed by atoms with Crippen LogP contribution in [0, 0.1) is 0 Å². The standard InChI is InChI=1S/C27H34N6O5S/c1-26(2,3)37-25(35)29-17-13-36-14-18(17)33-23-16(12-28-33)24(39-4)31-22(30-23)20-15-8-7-11-27(21(15)38-32-20)10-6-5-9-19(27)34/h12,17-18H,5-11,13-14H2,1-4H3,(H,29,35)/t17?,18?,27-/m1/s1. The summed E-state index contributed by atoms with van der Waals surface area (Å²) in [5.41, 5.74) is 1.00. The molecule has 1 saturated carbocycles. The Balaban J connectivity index is 1.38. The molecule has 1 spiro atoms. The normalized spacial score (nSPS) is 25.3. The molecule has 208 valence electrons. The van der Waals surface area contributed by atoms with E-state index in [4.69, 9.17) is 24.0 Å². The van der Waals surface area contributed by atoms with E-state index >= 15 is 0 Å². The van der Waals surface area contributed by atoms with E-state index in [1.54, 1.807) is 10.9 Å². The highest BCUT2D eigenvalue weighted by Gasteiger charge is 2.48. The highest BCUT2D eigenvalue weighted by molar-refractivity contribution is 7.98. The van der Waals surface area contributed by atoms with Gasteiger partial charge in [0, 0.05) is 12.0 Å². The van der Waals surface area contributed by atoms with Crippen molar-refractivity contribution in [2.24, 2.45) is 0 Å². The summed E-state index contributed by atoms with van der Waals surface area (Å²) < 4.78 is 18.9. The first-order valence-corrected chi connectivity index (χ1v) is 14.8. The number of Topliss-reactive ketones (excluding diaryl/α,β-unsaturated/α-hetero) is 1. The van der Waals surface area contributed by atoms with Gasteiger partial charge in [0.15, 0.2) is 22.9 Å². The fraction of sp³-hybridized carbons (Fsp3) is 0.630. The zero-order chi connectivity index (χ0) is 27.4. The molecule has 6 rings (SSSR count). The van der Waals surface area contributed by atoms with Gasteiger partial charge in [-0.15, -0.1) is 11.8 Å². The first-order valence-electron chi connectivity index (χ1n) is 13.6. The molecule has 0 radical (unpaired) electrons. The van der Waals surface area contributed by atoms with E-state index in [0.717, 1.165) is 54.5 Å². The monoisotopic (exact) mass is 554 g/mol. The van der Waals surface area contributed by atoms with Gasteiger partial charge in [-0.3, -0.25) is 4.79 Å². The number of hydrogen-bond acceptors (Lipinski definition) is 10. The van der Waals surface area contributed by atoms with Crippen molar-refractivity contribution in [2.75, 3.05) is 19.5 Å². The quantitative estimate of drug-likeness (QED) is 0.366. The minimum absolute atomic E-state index is 0.265. The lowest BCUT2D eigenvalue weighted by Crippen LogP contribution is -2.43. The number of hydrogen-bond donors (Lipinski definition) is 1. The molecule has 1 saturated heterocycles. The van der Waals surface area contributed by atoms with Gasteiger partial charge in [0.1, 0.15) is 22.5 Å². The number of amides is 1. The van der Waals surface area contributed by atoms with E-state index in [1.807, 2.05) is 27.0 Å². The molecule has 2 fully saturated rings. The van der Waals surface area contributed by atoms with Gasteiger partial charge in [-0.1, -0.05) is 11.6 Å². The Labute approximate surface area is 230 Å². The molecule has 12 heteroatoms. The molecule has 2 unspecified atom stereocenters. The van der Waals surface area contributed by atoms with Crippen LogP contribution < -0.4 is 5.32 Å². The Morgan fingerprint density at radius 1 is 1.18 bits per heavy atom. The predicted octanol–water partition coefficient (Wildman–Crippen LogP) is 4.39. The molecule has 0 aromatic carbocycles. The summed E-state index contributed by atoms with van der Waals surface area (Å²) in [7, 11) is 0. The van der Waals surface area contributed by atoms with Crippen molar-refractivity contribution in [2.45, 2.75) is 93.8 Å². The van der Waals surface area contributed by atoms with E-state index in [1.165, 1.54) is 11.8 Å². The molecule has 3 aromatic rings. The summed E-state index contributed by atoms with van der Waals surface area (Å²) in [5.74, 6) is 1.43. The number of fused-ring (bicyclic) bond motifs is 3. The van der Waals surface area contributed by atoms with Gasteiger partial charge in [0.25, 0.3) is 0 Å². The first-order chi connectivity index (χ1) is 18.7. The highest BCUT2D eigenvalue weighted by atomic mass is 32.2. The number of ether oxygens (including phenoxy) is 2. The summed E-state index contributed by atoms with van der Waals surface area (Å²) in [6, 6.07) is -0.613.